The predicted octanol–water partition coefficient (Wildman–Crippen LogP) is 5.05. The highest BCUT2D eigenvalue weighted by Gasteiger charge is 2.36. The lowest BCUT2D eigenvalue weighted by Gasteiger charge is -2.27. The minimum absolute atomic E-state index is 0.0579. The van der Waals surface area contributed by atoms with Crippen LogP contribution in [0.3, 0.4) is 0 Å². The van der Waals surface area contributed by atoms with Gasteiger partial charge in [-0.1, -0.05) is 35.3 Å². The van der Waals surface area contributed by atoms with E-state index in [4.69, 9.17) is 47.9 Å². The zero-order valence-corrected chi connectivity index (χ0v) is 21.9. The Morgan fingerprint density at radius 3 is 2.57 bits per heavy atom. The van der Waals surface area contributed by atoms with Crippen LogP contribution in [0.25, 0.3) is 0 Å². The number of benzene rings is 2. The average Bonchev–Trinajstić information content (AvgIpc) is 2.86. The molecule has 0 aliphatic carbocycles. The number of nitrogens with zero attached hydrogens (tertiary/aromatic N) is 1. The van der Waals surface area contributed by atoms with Gasteiger partial charge in [-0.3, -0.25) is 4.79 Å². The third kappa shape index (κ3) is 6.28. The highest BCUT2D eigenvalue weighted by atomic mass is 35.5. The Kier molecular flexibility index (Phi) is 9.28. The Hall–Kier alpha value is -3.87. The van der Waals surface area contributed by atoms with E-state index in [1.807, 2.05) is 6.07 Å². The number of nitrogens with two attached hydrogens (primary N) is 1. The fraction of sp³-hybridized carbons (Fsp3) is 0.269. The number of halogens is 2. The van der Waals surface area contributed by atoms with Crippen molar-refractivity contribution < 1.29 is 28.5 Å². The molecule has 1 aliphatic rings. The molecule has 0 aromatic heterocycles. The van der Waals surface area contributed by atoms with E-state index in [1.54, 1.807) is 57.2 Å². The number of nitriles is 1. The summed E-state index contributed by atoms with van der Waals surface area (Å²) in [6, 6.07) is 11.8. The van der Waals surface area contributed by atoms with Gasteiger partial charge in [0, 0.05) is 0 Å². The average molecular weight is 546 g/mol. The van der Waals surface area contributed by atoms with Gasteiger partial charge >= 0.3 is 5.97 Å². The molecular formula is C26H25Cl2N3O6. The zero-order chi connectivity index (χ0) is 27.1. The lowest BCUT2D eigenvalue weighted by molar-refractivity contribution is -0.139. The summed E-state index contributed by atoms with van der Waals surface area (Å²) in [5.41, 5.74) is 7.05. The first-order valence-electron chi connectivity index (χ1n) is 11.3. The molecule has 194 valence electrons. The largest absolute Gasteiger partial charge is 0.490 e. The number of hydrogen-bond donors (Lipinski definition) is 2. The molecule has 1 atom stereocenters. The van der Waals surface area contributed by atoms with Crippen LogP contribution in [0.1, 0.15) is 32.3 Å². The van der Waals surface area contributed by atoms with Crippen molar-refractivity contribution in [2.75, 3.05) is 25.1 Å². The molecule has 0 bridgehead atoms. The Balaban J connectivity index is 1.90. The molecule has 2 aromatic carbocycles. The molecule has 3 N–H and O–H groups in total. The highest BCUT2D eigenvalue weighted by molar-refractivity contribution is 6.44. The summed E-state index contributed by atoms with van der Waals surface area (Å²) >= 11 is 12.1. The van der Waals surface area contributed by atoms with Crippen molar-refractivity contribution in [2.45, 2.75) is 26.7 Å². The van der Waals surface area contributed by atoms with Gasteiger partial charge in [0.2, 0.25) is 5.88 Å². The van der Waals surface area contributed by atoms with Gasteiger partial charge in [0.15, 0.2) is 18.1 Å². The number of esters is 1. The fourth-order valence-corrected chi connectivity index (χ4v) is 4.06. The molecule has 1 aliphatic heterocycles. The van der Waals surface area contributed by atoms with E-state index in [1.165, 1.54) is 0 Å². The fourth-order valence-electron chi connectivity index (χ4n) is 3.71. The molecule has 11 heteroatoms. The van der Waals surface area contributed by atoms with Crippen LogP contribution < -0.4 is 20.5 Å². The molecule has 1 unspecified atom stereocenters. The molecule has 9 nitrogen and oxygen atoms in total. The van der Waals surface area contributed by atoms with Crippen LogP contribution in [0.15, 0.2) is 59.2 Å². The molecule has 0 saturated heterocycles. The number of carbonyl (C=O) groups excluding carboxylic acids is 2. The van der Waals surface area contributed by atoms with Crippen LogP contribution in [-0.2, 0) is 19.1 Å². The van der Waals surface area contributed by atoms with Crippen molar-refractivity contribution in [2.24, 2.45) is 5.73 Å². The van der Waals surface area contributed by atoms with Crippen molar-refractivity contribution in [3.63, 3.8) is 0 Å². The molecule has 0 saturated carbocycles. The van der Waals surface area contributed by atoms with Gasteiger partial charge in [-0.25, -0.2) is 4.79 Å². The topological polar surface area (TPSA) is 133 Å². The number of allylic oxidation sites excluding steroid dienone is 2. The second-order valence-electron chi connectivity index (χ2n) is 7.69. The van der Waals surface area contributed by atoms with Gasteiger partial charge in [-0.2, -0.15) is 5.26 Å². The summed E-state index contributed by atoms with van der Waals surface area (Å²) in [5.74, 6) is -1.23. The van der Waals surface area contributed by atoms with Crippen molar-refractivity contribution in [1.82, 2.24) is 0 Å². The molecular weight excluding hydrogens is 521 g/mol. The van der Waals surface area contributed by atoms with Gasteiger partial charge in [-0.05, 0) is 50.6 Å². The third-order valence-electron chi connectivity index (χ3n) is 5.29. The van der Waals surface area contributed by atoms with Gasteiger partial charge in [-0.15, -0.1) is 0 Å². The number of hydrogen-bond acceptors (Lipinski definition) is 8. The molecule has 1 amide bonds. The summed E-state index contributed by atoms with van der Waals surface area (Å²) in [4.78, 5) is 25.2. The van der Waals surface area contributed by atoms with Crippen molar-refractivity contribution >= 4 is 40.8 Å². The smallest absolute Gasteiger partial charge is 0.338 e. The molecule has 2 aromatic rings. The minimum Gasteiger partial charge on any atom is -0.490 e. The third-order valence-corrected chi connectivity index (χ3v) is 6.11. The molecule has 1 heterocycles. The summed E-state index contributed by atoms with van der Waals surface area (Å²) in [6.07, 6.45) is 0. The Bertz CT molecular complexity index is 1320. The predicted molar refractivity (Wildman–Crippen MR) is 138 cm³/mol. The Morgan fingerprint density at radius 2 is 1.89 bits per heavy atom. The number of anilines is 1. The second-order valence-corrected chi connectivity index (χ2v) is 8.48. The van der Waals surface area contributed by atoms with Gasteiger partial charge in [0.05, 0.1) is 40.4 Å². The van der Waals surface area contributed by atoms with Crippen molar-refractivity contribution in [1.29, 1.82) is 5.26 Å². The molecule has 0 spiro atoms. The molecule has 0 fully saturated rings. The molecule has 0 radical (unpaired) electrons. The maximum Gasteiger partial charge on any atom is 0.338 e. The first-order valence-corrected chi connectivity index (χ1v) is 12.1. The van der Waals surface area contributed by atoms with E-state index in [9.17, 15) is 14.9 Å². The van der Waals surface area contributed by atoms with Gasteiger partial charge in [0.1, 0.15) is 17.4 Å². The van der Waals surface area contributed by atoms with E-state index in [-0.39, 0.29) is 46.8 Å². The number of amides is 1. The maximum atomic E-state index is 12.8. The van der Waals surface area contributed by atoms with E-state index in [0.29, 0.717) is 28.6 Å². The molecule has 3 rings (SSSR count). The van der Waals surface area contributed by atoms with Crippen LogP contribution in [0.2, 0.25) is 10.0 Å². The van der Waals surface area contributed by atoms with Crippen LogP contribution in [0, 0.1) is 11.3 Å². The normalized spacial score (nSPS) is 15.0. The van der Waals surface area contributed by atoms with Crippen molar-refractivity contribution in [3.05, 3.63) is 74.8 Å². The monoisotopic (exact) mass is 545 g/mol. The Morgan fingerprint density at radius 1 is 1.14 bits per heavy atom. The first kappa shape index (κ1) is 27.7. The van der Waals surface area contributed by atoms with Crippen LogP contribution in [0.4, 0.5) is 5.69 Å². The number of carbonyl (C=O) groups is 2. The SMILES string of the molecule is CCOC(=O)C1=C(C)OC(N)=C(C#N)C1c1ccc(OCC(=O)Nc2cccc(Cl)c2Cl)c(OCC)c1. The lowest BCUT2D eigenvalue weighted by atomic mass is 9.83. The van der Waals surface area contributed by atoms with Crippen LogP contribution >= 0.6 is 23.2 Å². The Labute approximate surface area is 224 Å². The first-order chi connectivity index (χ1) is 17.7. The minimum atomic E-state index is -0.848. The quantitative estimate of drug-likeness (QED) is 0.418. The van der Waals surface area contributed by atoms with E-state index in [0.717, 1.165) is 0 Å². The second kappa shape index (κ2) is 12.4. The van der Waals surface area contributed by atoms with Crippen LogP contribution in [0.5, 0.6) is 11.5 Å². The zero-order valence-electron chi connectivity index (χ0n) is 20.4. The number of rotatable bonds is 9. The number of nitrogens with one attached hydrogen (secondary N) is 1. The molecule has 37 heavy (non-hydrogen) atoms. The van der Waals surface area contributed by atoms with Crippen LogP contribution in [-0.4, -0.2) is 31.7 Å². The maximum absolute atomic E-state index is 12.8. The summed E-state index contributed by atoms with van der Waals surface area (Å²) in [6.45, 7) is 5.13. The van der Waals surface area contributed by atoms with Crippen molar-refractivity contribution in [3.8, 4) is 17.6 Å². The highest BCUT2D eigenvalue weighted by Crippen LogP contribution is 2.42. The van der Waals surface area contributed by atoms with E-state index >= 15 is 0 Å². The summed E-state index contributed by atoms with van der Waals surface area (Å²) < 4.78 is 22.1. The lowest BCUT2D eigenvalue weighted by Crippen LogP contribution is -2.25. The van der Waals surface area contributed by atoms with Gasteiger partial charge in [0.25, 0.3) is 5.91 Å². The number of ether oxygens (including phenoxy) is 4. The standard InChI is InChI=1S/C26H25Cl2N3O6/c1-4-34-20-11-15(23-16(12-29)25(30)37-14(3)22(23)26(33)35-5-2)9-10-19(20)36-13-21(32)31-18-8-6-7-17(27)24(18)28/h6-11,23H,4-5,13,30H2,1-3H3,(H,31,32). The van der Waals surface area contributed by atoms with E-state index in [2.05, 4.69) is 5.32 Å². The van der Waals surface area contributed by atoms with Gasteiger partial charge < -0.3 is 30.0 Å². The summed E-state index contributed by atoms with van der Waals surface area (Å²) in [5, 5.41) is 12.9. The van der Waals surface area contributed by atoms with E-state index < -0.39 is 17.8 Å². The summed E-state index contributed by atoms with van der Waals surface area (Å²) in [7, 11) is 0.